The highest BCUT2D eigenvalue weighted by Crippen LogP contribution is 2.25. The van der Waals surface area contributed by atoms with Crippen LogP contribution in [0.4, 0.5) is 16.2 Å². The van der Waals surface area contributed by atoms with Crippen LogP contribution in [0, 0.1) is 5.92 Å². The zero-order valence-corrected chi connectivity index (χ0v) is 17.0. The summed E-state index contributed by atoms with van der Waals surface area (Å²) in [6.45, 7) is 1.91. The summed E-state index contributed by atoms with van der Waals surface area (Å²) >= 11 is 0. The smallest absolute Gasteiger partial charge is 0.434 e. The van der Waals surface area contributed by atoms with Crippen molar-refractivity contribution in [1.29, 1.82) is 0 Å². The van der Waals surface area contributed by atoms with E-state index in [4.69, 9.17) is 9.47 Å². The third kappa shape index (κ3) is 6.07. The van der Waals surface area contributed by atoms with Gasteiger partial charge >= 0.3 is 6.16 Å². The molecule has 0 saturated heterocycles. The molecular weight excluding hydrogens is 384 g/mol. The molecule has 2 N–H and O–H groups in total. The molecule has 7 heteroatoms. The number of rotatable bonds is 6. The number of benzene rings is 2. The van der Waals surface area contributed by atoms with E-state index >= 15 is 0 Å². The lowest BCUT2D eigenvalue weighted by Gasteiger charge is -2.20. The number of hydrogen-bond donors (Lipinski definition) is 2. The van der Waals surface area contributed by atoms with Crippen LogP contribution in [-0.2, 0) is 9.53 Å². The van der Waals surface area contributed by atoms with Gasteiger partial charge in [0.05, 0.1) is 6.61 Å². The van der Waals surface area contributed by atoms with E-state index in [2.05, 4.69) is 10.6 Å². The first-order valence-corrected chi connectivity index (χ1v) is 10.2. The van der Waals surface area contributed by atoms with E-state index < -0.39 is 6.16 Å². The maximum absolute atomic E-state index is 12.4. The van der Waals surface area contributed by atoms with E-state index in [-0.39, 0.29) is 24.3 Å². The molecule has 1 aliphatic rings. The third-order valence-corrected chi connectivity index (χ3v) is 4.97. The summed E-state index contributed by atoms with van der Waals surface area (Å²) in [6, 6.07) is 13.2. The number of anilines is 2. The number of amides is 2. The molecule has 2 aromatic rings. The Morgan fingerprint density at radius 3 is 2.07 bits per heavy atom. The largest absolute Gasteiger partial charge is 0.513 e. The Kier molecular flexibility index (Phi) is 7.43. The van der Waals surface area contributed by atoms with E-state index in [1.54, 1.807) is 43.3 Å². The number of nitrogens with one attached hydrogen (secondary N) is 2. The van der Waals surface area contributed by atoms with E-state index in [0.717, 1.165) is 25.7 Å². The van der Waals surface area contributed by atoms with Gasteiger partial charge in [-0.15, -0.1) is 0 Å². The topological polar surface area (TPSA) is 93.7 Å². The molecule has 0 heterocycles. The molecule has 1 fully saturated rings. The molecule has 1 aliphatic carbocycles. The molecular formula is C23H26N2O5. The molecule has 0 aliphatic heterocycles. The van der Waals surface area contributed by atoms with Crippen LogP contribution in [0.15, 0.2) is 48.5 Å². The summed E-state index contributed by atoms with van der Waals surface area (Å²) in [4.78, 5) is 36.0. The van der Waals surface area contributed by atoms with Crippen LogP contribution in [-0.4, -0.2) is 24.6 Å². The summed E-state index contributed by atoms with van der Waals surface area (Å²) in [7, 11) is 0. The second-order valence-corrected chi connectivity index (χ2v) is 7.17. The van der Waals surface area contributed by atoms with Gasteiger partial charge in [-0.05, 0) is 68.3 Å². The van der Waals surface area contributed by atoms with Gasteiger partial charge in [0.15, 0.2) is 0 Å². The van der Waals surface area contributed by atoms with Crippen LogP contribution < -0.4 is 15.4 Å². The monoisotopic (exact) mass is 410 g/mol. The second-order valence-electron chi connectivity index (χ2n) is 7.17. The predicted molar refractivity (Wildman–Crippen MR) is 114 cm³/mol. The summed E-state index contributed by atoms with van der Waals surface area (Å²) in [5.41, 5.74) is 1.74. The Morgan fingerprint density at radius 2 is 1.47 bits per heavy atom. The first-order chi connectivity index (χ1) is 14.5. The maximum Gasteiger partial charge on any atom is 0.513 e. The van der Waals surface area contributed by atoms with Gasteiger partial charge in [0.25, 0.3) is 5.91 Å². The molecule has 0 aromatic heterocycles. The number of carbonyl (C=O) groups is 3. The first kappa shape index (κ1) is 21.4. The van der Waals surface area contributed by atoms with Gasteiger partial charge in [0.2, 0.25) is 5.91 Å². The third-order valence-electron chi connectivity index (χ3n) is 4.97. The number of ether oxygens (including phenoxy) is 2. The van der Waals surface area contributed by atoms with Gasteiger partial charge in [0.1, 0.15) is 5.75 Å². The highest BCUT2D eigenvalue weighted by atomic mass is 16.7. The summed E-state index contributed by atoms with van der Waals surface area (Å²) in [5.74, 6) is 0.158. The summed E-state index contributed by atoms with van der Waals surface area (Å²) in [5, 5.41) is 5.75. The van der Waals surface area contributed by atoms with Crippen molar-refractivity contribution >= 4 is 29.3 Å². The van der Waals surface area contributed by atoms with E-state index in [1.807, 2.05) is 0 Å². The van der Waals surface area contributed by atoms with Crippen LogP contribution >= 0.6 is 0 Å². The quantitative estimate of drug-likeness (QED) is 0.517. The maximum atomic E-state index is 12.4. The molecule has 30 heavy (non-hydrogen) atoms. The molecule has 0 spiro atoms. The second kappa shape index (κ2) is 10.4. The number of hydrogen-bond acceptors (Lipinski definition) is 5. The first-order valence-electron chi connectivity index (χ1n) is 10.2. The molecule has 0 radical (unpaired) electrons. The van der Waals surface area contributed by atoms with Gasteiger partial charge < -0.3 is 20.1 Å². The Morgan fingerprint density at radius 1 is 0.867 bits per heavy atom. The molecule has 0 bridgehead atoms. The van der Waals surface area contributed by atoms with Crippen molar-refractivity contribution in [2.75, 3.05) is 17.2 Å². The molecule has 2 aromatic carbocycles. The molecule has 7 nitrogen and oxygen atoms in total. The van der Waals surface area contributed by atoms with Gasteiger partial charge in [-0.3, -0.25) is 9.59 Å². The van der Waals surface area contributed by atoms with Crippen molar-refractivity contribution in [3.63, 3.8) is 0 Å². The molecule has 0 atom stereocenters. The lowest BCUT2D eigenvalue weighted by molar-refractivity contribution is -0.120. The van der Waals surface area contributed by atoms with Gasteiger partial charge in [-0.2, -0.15) is 0 Å². The van der Waals surface area contributed by atoms with E-state index in [9.17, 15) is 14.4 Å². The fourth-order valence-corrected chi connectivity index (χ4v) is 3.37. The van der Waals surface area contributed by atoms with Crippen molar-refractivity contribution in [3.05, 3.63) is 54.1 Å². The highest BCUT2D eigenvalue weighted by molar-refractivity contribution is 6.04. The fraction of sp³-hybridized carbons (Fsp3) is 0.348. The summed E-state index contributed by atoms with van der Waals surface area (Å²) < 4.78 is 9.67. The van der Waals surface area contributed by atoms with Crippen molar-refractivity contribution in [2.45, 2.75) is 39.0 Å². The van der Waals surface area contributed by atoms with Crippen LogP contribution in [0.5, 0.6) is 5.75 Å². The minimum absolute atomic E-state index is 0.0663. The van der Waals surface area contributed by atoms with Crippen molar-refractivity contribution in [1.82, 2.24) is 0 Å². The van der Waals surface area contributed by atoms with E-state index in [0.29, 0.717) is 22.7 Å². The minimum Gasteiger partial charge on any atom is -0.434 e. The minimum atomic E-state index is -0.787. The SMILES string of the molecule is CCOC(=O)Oc1ccc(C(=O)Nc2ccc(NC(=O)C3CCCCC3)cc2)cc1. The average Bonchev–Trinajstić information content (AvgIpc) is 2.76. The molecule has 3 rings (SSSR count). The van der Waals surface area contributed by atoms with Crippen molar-refractivity contribution < 1.29 is 23.9 Å². The van der Waals surface area contributed by atoms with Crippen LogP contribution in [0.3, 0.4) is 0 Å². The Labute approximate surface area is 175 Å². The summed E-state index contributed by atoms with van der Waals surface area (Å²) in [6.07, 6.45) is 4.54. The predicted octanol–water partition coefficient (Wildman–Crippen LogP) is 4.99. The molecule has 2 amide bonds. The molecule has 0 unspecified atom stereocenters. The molecule has 158 valence electrons. The zero-order chi connectivity index (χ0) is 21.3. The lowest BCUT2D eigenvalue weighted by atomic mass is 9.88. The standard InChI is InChI=1S/C23H26N2O5/c1-2-29-23(28)30-20-14-8-17(9-15-20)22(27)25-19-12-10-18(11-13-19)24-21(26)16-6-4-3-5-7-16/h8-16H,2-7H2,1H3,(H,24,26)(H,25,27). The van der Waals surface area contributed by atoms with Crippen molar-refractivity contribution in [2.24, 2.45) is 5.92 Å². The number of carbonyl (C=O) groups excluding carboxylic acids is 3. The lowest BCUT2D eigenvalue weighted by Crippen LogP contribution is -2.24. The van der Waals surface area contributed by atoms with Gasteiger partial charge in [-0.25, -0.2) is 4.79 Å². The van der Waals surface area contributed by atoms with Crippen LogP contribution in [0.25, 0.3) is 0 Å². The zero-order valence-electron chi connectivity index (χ0n) is 17.0. The fourth-order valence-electron chi connectivity index (χ4n) is 3.37. The van der Waals surface area contributed by atoms with Crippen LogP contribution in [0.1, 0.15) is 49.4 Å². The van der Waals surface area contributed by atoms with Crippen molar-refractivity contribution in [3.8, 4) is 5.75 Å². The van der Waals surface area contributed by atoms with Gasteiger partial charge in [-0.1, -0.05) is 19.3 Å². The Bertz CT molecular complexity index is 871. The normalized spacial score (nSPS) is 13.9. The van der Waals surface area contributed by atoms with Gasteiger partial charge in [0, 0.05) is 22.9 Å². The molecule has 1 saturated carbocycles. The van der Waals surface area contributed by atoms with E-state index in [1.165, 1.54) is 18.6 Å². The van der Waals surface area contributed by atoms with Crippen LogP contribution in [0.2, 0.25) is 0 Å². The Balaban J connectivity index is 1.52. The average molecular weight is 410 g/mol. The highest BCUT2D eigenvalue weighted by Gasteiger charge is 2.21. The Hall–Kier alpha value is -3.35.